The monoisotopic (exact) mass is 289 g/mol. The molecule has 6 nitrogen and oxygen atoms in total. The minimum atomic E-state index is -0.245. The first-order valence-electron chi connectivity index (χ1n) is 6.50. The molecule has 21 heavy (non-hydrogen) atoms. The van der Waals surface area contributed by atoms with Crippen molar-refractivity contribution in [2.75, 3.05) is 21.3 Å². The Labute approximate surface area is 123 Å². The summed E-state index contributed by atoms with van der Waals surface area (Å²) < 4.78 is 15.6. The number of methoxy groups -OCH3 is 3. The Morgan fingerprint density at radius 3 is 2.52 bits per heavy atom. The molecule has 0 fully saturated rings. The summed E-state index contributed by atoms with van der Waals surface area (Å²) in [6, 6.07) is 7.11. The van der Waals surface area contributed by atoms with E-state index >= 15 is 0 Å². The van der Waals surface area contributed by atoms with E-state index in [0.717, 1.165) is 17.0 Å². The van der Waals surface area contributed by atoms with E-state index in [2.05, 4.69) is 9.97 Å². The first-order valence-corrected chi connectivity index (χ1v) is 6.50. The molecule has 1 atom stereocenters. The third-order valence-electron chi connectivity index (χ3n) is 3.18. The van der Waals surface area contributed by atoms with Crippen LogP contribution in [-0.4, -0.2) is 31.3 Å². The van der Waals surface area contributed by atoms with Crippen LogP contribution in [-0.2, 0) is 6.42 Å². The van der Waals surface area contributed by atoms with E-state index in [4.69, 9.17) is 19.9 Å². The molecule has 0 aliphatic rings. The average Bonchev–Trinajstić information content (AvgIpc) is 2.54. The highest BCUT2D eigenvalue weighted by Crippen LogP contribution is 2.29. The Balaban J connectivity index is 2.21. The van der Waals surface area contributed by atoms with Crippen molar-refractivity contribution in [2.45, 2.75) is 12.5 Å². The molecular formula is C15H19N3O3. The molecule has 0 radical (unpaired) electrons. The summed E-state index contributed by atoms with van der Waals surface area (Å²) in [4.78, 5) is 8.18. The zero-order chi connectivity index (χ0) is 15.2. The first kappa shape index (κ1) is 15.1. The van der Waals surface area contributed by atoms with Gasteiger partial charge < -0.3 is 19.9 Å². The maximum atomic E-state index is 6.26. The number of nitrogens with two attached hydrogens (primary N) is 1. The molecule has 6 heteroatoms. The standard InChI is InChI=1S/C15H19N3O3/c1-19-11-4-5-12(14(8-11)20-2)13(16)6-10-7-15(21-3)18-9-17-10/h4-5,7-9,13H,6,16H2,1-3H3. The number of aromatic nitrogens is 2. The van der Waals surface area contributed by atoms with Gasteiger partial charge in [0.15, 0.2) is 0 Å². The van der Waals surface area contributed by atoms with Crippen LogP contribution in [0.5, 0.6) is 17.4 Å². The van der Waals surface area contributed by atoms with Crippen molar-refractivity contribution in [3.8, 4) is 17.4 Å². The van der Waals surface area contributed by atoms with E-state index in [9.17, 15) is 0 Å². The van der Waals surface area contributed by atoms with E-state index in [0.29, 0.717) is 18.1 Å². The number of rotatable bonds is 6. The van der Waals surface area contributed by atoms with Crippen LogP contribution in [0.1, 0.15) is 17.3 Å². The number of hydrogen-bond acceptors (Lipinski definition) is 6. The van der Waals surface area contributed by atoms with Gasteiger partial charge in [-0.15, -0.1) is 0 Å². The van der Waals surface area contributed by atoms with Crippen molar-refractivity contribution in [1.29, 1.82) is 0 Å². The SMILES string of the molecule is COc1ccc(C(N)Cc2cc(OC)ncn2)c(OC)c1. The molecule has 2 aromatic rings. The van der Waals surface area contributed by atoms with Crippen LogP contribution in [0.15, 0.2) is 30.6 Å². The van der Waals surface area contributed by atoms with Crippen molar-refractivity contribution in [1.82, 2.24) is 9.97 Å². The second-order valence-electron chi connectivity index (χ2n) is 4.47. The van der Waals surface area contributed by atoms with Gasteiger partial charge in [-0.25, -0.2) is 9.97 Å². The molecule has 0 aliphatic carbocycles. The van der Waals surface area contributed by atoms with Gasteiger partial charge >= 0.3 is 0 Å². The third-order valence-corrected chi connectivity index (χ3v) is 3.18. The van der Waals surface area contributed by atoms with Crippen molar-refractivity contribution >= 4 is 0 Å². The van der Waals surface area contributed by atoms with E-state index in [1.807, 2.05) is 18.2 Å². The quantitative estimate of drug-likeness (QED) is 0.872. The first-order chi connectivity index (χ1) is 10.2. The molecule has 2 rings (SSSR count). The summed E-state index contributed by atoms with van der Waals surface area (Å²) in [5.41, 5.74) is 7.98. The Bertz CT molecular complexity index is 604. The Morgan fingerprint density at radius 1 is 1.05 bits per heavy atom. The van der Waals surface area contributed by atoms with E-state index in [1.165, 1.54) is 6.33 Å². The molecular weight excluding hydrogens is 270 g/mol. The summed E-state index contributed by atoms with van der Waals surface area (Å²) in [5, 5.41) is 0. The number of benzene rings is 1. The molecule has 112 valence electrons. The molecule has 0 saturated carbocycles. The predicted octanol–water partition coefficient (Wildman–Crippen LogP) is 1.74. The minimum Gasteiger partial charge on any atom is -0.497 e. The van der Waals surface area contributed by atoms with E-state index in [1.54, 1.807) is 27.4 Å². The normalized spacial score (nSPS) is 11.8. The fourth-order valence-corrected chi connectivity index (χ4v) is 2.06. The van der Waals surface area contributed by atoms with Crippen LogP contribution in [0.3, 0.4) is 0 Å². The molecule has 1 aromatic heterocycles. The van der Waals surface area contributed by atoms with Gasteiger partial charge in [0.2, 0.25) is 5.88 Å². The zero-order valence-electron chi connectivity index (χ0n) is 12.4. The highest BCUT2D eigenvalue weighted by atomic mass is 16.5. The second-order valence-corrected chi connectivity index (χ2v) is 4.47. The van der Waals surface area contributed by atoms with Crippen molar-refractivity contribution in [3.05, 3.63) is 41.9 Å². The summed E-state index contributed by atoms with van der Waals surface area (Å²) in [6.45, 7) is 0. The zero-order valence-corrected chi connectivity index (χ0v) is 12.4. The van der Waals surface area contributed by atoms with Gasteiger partial charge in [-0.05, 0) is 6.07 Å². The Morgan fingerprint density at radius 2 is 1.86 bits per heavy atom. The van der Waals surface area contributed by atoms with Crippen LogP contribution in [0.25, 0.3) is 0 Å². The summed E-state index contributed by atoms with van der Waals surface area (Å²) >= 11 is 0. The van der Waals surface area contributed by atoms with Gasteiger partial charge in [-0.2, -0.15) is 0 Å². The van der Waals surface area contributed by atoms with Crippen LogP contribution in [0.4, 0.5) is 0 Å². The average molecular weight is 289 g/mol. The largest absolute Gasteiger partial charge is 0.497 e. The van der Waals surface area contributed by atoms with Crippen LogP contribution < -0.4 is 19.9 Å². The van der Waals surface area contributed by atoms with Crippen molar-refractivity contribution in [3.63, 3.8) is 0 Å². The molecule has 1 heterocycles. The maximum absolute atomic E-state index is 6.26. The van der Waals surface area contributed by atoms with Gasteiger partial charge in [0.05, 0.1) is 21.3 Å². The summed E-state index contributed by atoms with van der Waals surface area (Å²) in [6.07, 6.45) is 2.02. The van der Waals surface area contributed by atoms with Crippen LogP contribution in [0, 0.1) is 0 Å². The lowest BCUT2D eigenvalue weighted by Gasteiger charge is -2.16. The fourth-order valence-electron chi connectivity index (χ4n) is 2.06. The molecule has 0 saturated heterocycles. The molecule has 0 bridgehead atoms. The van der Waals surface area contributed by atoms with Gasteiger partial charge in [-0.3, -0.25) is 0 Å². The lowest BCUT2D eigenvalue weighted by molar-refractivity contribution is 0.388. The topological polar surface area (TPSA) is 79.5 Å². The molecule has 0 aliphatic heterocycles. The lowest BCUT2D eigenvalue weighted by Crippen LogP contribution is -2.15. The van der Waals surface area contributed by atoms with Crippen molar-refractivity contribution in [2.24, 2.45) is 5.73 Å². The second kappa shape index (κ2) is 6.90. The Hall–Kier alpha value is -2.34. The maximum Gasteiger partial charge on any atom is 0.216 e. The van der Waals surface area contributed by atoms with Crippen LogP contribution >= 0.6 is 0 Å². The molecule has 0 amide bonds. The lowest BCUT2D eigenvalue weighted by atomic mass is 10.0. The van der Waals surface area contributed by atoms with E-state index in [-0.39, 0.29) is 6.04 Å². The highest BCUT2D eigenvalue weighted by molar-refractivity contribution is 5.42. The number of hydrogen-bond donors (Lipinski definition) is 1. The van der Waals surface area contributed by atoms with Gasteiger partial charge in [0.25, 0.3) is 0 Å². The van der Waals surface area contributed by atoms with E-state index < -0.39 is 0 Å². The Kier molecular flexibility index (Phi) is 4.94. The third kappa shape index (κ3) is 3.61. The van der Waals surface area contributed by atoms with Crippen LogP contribution in [0.2, 0.25) is 0 Å². The van der Waals surface area contributed by atoms with Crippen molar-refractivity contribution < 1.29 is 14.2 Å². The molecule has 1 unspecified atom stereocenters. The molecule has 0 spiro atoms. The summed E-state index contributed by atoms with van der Waals surface area (Å²) in [5.74, 6) is 1.95. The van der Waals surface area contributed by atoms with Gasteiger partial charge in [-0.1, -0.05) is 6.07 Å². The number of ether oxygens (including phenoxy) is 3. The van der Waals surface area contributed by atoms with Gasteiger partial charge in [0.1, 0.15) is 17.8 Å². The molecule has 1 aromatic carbocycles. The van der Waals surface area contributed by atoms with Gasteiger partial charge in [0, 0.05) is 35.9 Å². The molecule has 2 N–H and O–H groups in total. The fraction of sp³-hybridized carbons (Fsp3) is 0.333. The smallest absolute Gasteiger partial charge is 0.216 e. The summed E-state index contributed by atoms with van der Waals surface area (Å²) in [7, 11) is 4.79. The highest BCUT2D eigenvalue weighted by Gasteiger charge is 2.14. The predicted molar refractivity (Wildman–Crippen MR) is 78.8 cm³/mol. The number of nitrogens with zero attached hydrogens (tertiary/aromatic N) is 2. The minimum absolute atomic E-state index is 0.245.